The molecule has 0 fully saturated rings. The van der Waals surface area contributed by atoms with Crippen LogP contribution in [0.1, 0.15) is 37.2 Å². The topological polar surface area (TPSA) is 82.5 Å². The molecule has 21 heavy (non-hydrogen) atoms. The van der Waals surface area contributed by atoms with Gasteiger partial charge in [-0.05, 0) is 25.5 Å². The molecule has 0 amide bonds. The molecule has 0 bridgehead atoms. The highest BCUT2D eigenvalue weighted by Crippen LogP contribution is 2.25. The van der Waals surface area contributed by atoms with Crippen molar-refractivity contribution in [2.75, 3.05) is 0 Å². The van der Waals surface area contributed by atoms with Crippen LogP contribution in [0.3, 0.4) is 0 Å². The molecule has 6 nitrogen and oxygen atoms in total. The normalized spacial score (nSPS) is 13.0. The monoisotopic (exact) mass is 286 g/mol. The molecule has 3 aromatic rings. The van der Waals surface area contributed by atoms with Gasteiger partial charge in [0.2, 0.25) is 0 Å². The van der Waals surface area contributed by atoms with Crippen molar-refractivity contribution in [3.05, 3.63) is 48.2 Å². The van der Waals surface area contributed by atoms with Crippen LogP contribution in [0.5, 0.6) is 0 Å². The molecule has 7 heteroatoms. The van der Waals surface area contributed by atoms with Gasteiger partial charge in [-0.1, -0.05) is 6.07 Å². The number of aromatic nitrogens is 5. The molecule has 0 aliphatic carbocycles. The standard InChI is InChI=1S/C14H15FN6/c1-8(2)21-7-18-12-11(19-14(15)20-13(12)21)10(16)9-4-3-5-17-6-9/h3-8,10H,16H2,1-2H3. The fourth-order valence-electron chi connectivity index (χ4n) is 2.22. The summed E-state index contributed by atoms with van der Waals surface area (Å²) >= 11 is 0. The molecular weight excluding hydrogens is 271 g/mol. The Bertz CT molecular complexity index is 768. The minimum absolute atomic E-state index is 0.117. The quantitative estimate of drug-likeness (QED) is 0.744. The van der Waals surface area contributed by atoms with Gasteiger partial charge < -0.3 is 10.3 Å². The van der Waals surface area contributed by atoms with Gasteiger partial charge in [0, 0.05) is 18.4 Å². The summed E-state index contributed by atoms with van der Waals surface area (Å²) in [6.45, 7) is 3.95. The summed E-state index contributed by atoms with van der Waals surface area (Å²) in [6.07, 6.45) is 4.11. The number of fused-ring (bicyclic) bond motifs is 1. The van der Waals surface area contributed by atoms with Crippen LogP contribution < -0.4 is 5.73 Å². The van der Waals surface area contributed by atoms with Crippen molar-refractivity contribution in [2.24, 2.45) is 5.73 Å². The third-order valence-corrected chi connectivity index (χ3v) is 3.32. The van der Waals surface area contributed by atoms with Crippen molar-refractivity contribution in [3.63, 3.8) is 0 Å². The average molecular weight is 286 g/mol. The third kappa shape index (κ3) is 2.36. The largest absolute Gasteiger partial charge is 0.319 e. The second-order valence-electron chi connectivity index (χ2n) is 5.06. The van der Waals surface area contributed by atoms with Crippen molar-refractivity contribution in [3.8, 4) is 0 Å². The maximum Gasteiger partial charge on any atom is 0.311 e. The average Bonchev–Trinajstić information content (AvgIpc) is 2.90. The van der Waals surface area contributed by atoms with Crippen LogP contribution >= 0.6 is 0 Å². The summed E-state index contributed by atoms with van der Waals surface area (Å²) < 4.78 is 15.6. The van der Waals surface area contributed by atoms with E-state index in [1.165, 1.54) is 0 Å². The van der Waals surface area contributed by atoms with Gasteiger partial charge in [-0.15, -0.1) is 0 Å². The molecule has 1 atom stereocenters. The first-order valence-electron chi connectivity index (χ1n) is 6.63. The lowest BCUT2D eigenvalue weighted by Gasteiger charge is -2.12. The first-order valence-corrected chi connectivity index (χ1v) is 6.63. The van der Waals surface area contributed by atoms with Gasteiger partial charge in [-0.2, -0.15) is 9.37 Å². The fourth-order valence-corrected chi connectivity index (χ4v) is 2.22. The van der Waals surface area contributed by atoms with Gasteiger partial charge in [0.15, 0.2) is 5.65 Å². The van der Waals surface area contributed by atoms with Crippen molar-refractivity contribution < 1.29 is 4.39 Å². The van der Waals surface area contributed by atoms with Crippen LogP contribution in [0.15, 0.2) is 30.9 Å². The number of hydrogen-bond acceptors (Lipinski definition) is 5. The van der Waals surface area contributed by atoms with E-state index in [1.807, 2.05) is 19.9 Å². The van der Waals surface area contributed by atoms with Crippen LogP contribution in [0.25, 0.3) is 11.2 Å². The molecule has 2 N–H and O–H groups in total. The zero-order valence-corrected chi connectivity index (χ0v) is 11.7. The van der Waals surface area contributed by atoms with Gasteiger partial charge in [-0.3, -0.25) is 4.98 Å². The van der Waals surface area contributed by atoms with Crippen molar-refractivity contribution in [1.29, 1.82) is 0 Å². The fraction of sp³-hybridized carbons (Fsp3) is 0.286. The molecule has 0 aliphatic heterocycles. The number of nitrogens with two attached hydrogens (primary N) is 1. The van der Waals surface area contributed by atoms with E-state index in [0.29, 0.717) is 16.9 Å². The second-order valence-corrected chi connectivity index (χ2v) is 5.06. The Balaban J connectivity index is 2.19. The zero-order chi connectivity index (χ0) is 15.0. The molecule has 0 aliphatic rings. The van der Waals surface area contributed by atoms with Crippen LogP contribution in [-0.2, 0) is 0 Å². The van der Waals surface area contributed by atoms with E-state index in [0.717, 1.165) is 5.56 Å². The highest BCUT2D eigenvalue weighted by Gasteiger charge is 2.20. The predicted octanol–water partition coefficient (Wildman–Crippen LogP) is 1.99. The van der Waals surface area contributed by atoms with Gasteiger partial charge in [-0.25, -0.2) is 9.97 Å². The summed E-state index contributed by atoms with van der Waals surface area (Å²) in [5, 5.41) is 0. The molecule has 108 valence electrons. The third-order valence-electron chi connectivity index (χ3n) is 3.32. The number of hydrogen-bond donors (Lipinski definition) is 1. The van der Waals surface area contributed by atoms with Crippen LogP contribution in [0.4, 0.5) is 4.39 Å². The number of rotatable bonds is 3. The molecular formula is C14H15FN6. The van der Waals surface area contributed by atoms with Crippen molar-refractivity contribution in [2.45, 2.75) is 25.9 Å². The zero-order valence-electron chi connectivity index (χ0n) is 11.7. The molecule has 0 spiro atoms. The smallest absolute Gasteiger partial charge is 0.311 e. The number of halogens is 1. The minimum Gasteiger partial charge on any atom is -0.319 e. The van der Waals surface area contributed by atoms with Crippen LogP contribution in [-0.4, -0.2) is 24.5 Å². The highest BCUT2D eigenvalue weighted by molar-refractivity contribution is 5.74. The molecule has 3 aromatic heterocycles. The predicted molar refractivity (Wildman–Crippen MR) is 75.9 cm³/mol. The lowest BCUT2D eigenvalue weighted by Crippen LogP contribution is -2.16. The van der Waals surface area contributed by atoms with Gasteiger partial charge in [0.05, 0.1) is 18.1 Å². The first-order chi connectivity index (χ1) is 10.1. The van der Waals surface area contributed by atoms with E-state index in [-0.39, 0.29) is 6.04 Å². The molecule has 1 unspecified atom stereocenters. The molecule has 0 saturated carbocycles. The van der Waals surface area contributed by atoms with E-state index in [2.05, 4.69) is 19.9 Å². The Hall–Kier alpha value is -2.41. The number of imidazole rings is 1. The summed E-state index contributed by atoms with van der Waals surface area (Å²) in [6, 6.07) is 3.11. The summed E-state index contributed by atoms with van der Waals surface area (Å²) in [4.78, 5) is 16.0. The number of nitrogens with zero attached hydrogens (tertiary/aromatic N) is 5. The molecule has 3 rings (SSSR count). The maximum absolute atomic E-state index is 13.8. The van der Waals surface area contributed by atoms with Gasteiger partial charge in [0.25, 0.3) is 0 Å². The first kappa shape index (κ1) is 13.6. The molecule has 0 saturated heterocycles. The molecule has 0 radical (unpaired) electrons. The minimum atomic E-state index is -0.806. The van der Waals surface area contributed by atoms with Crippen molar-refractivity contribution in [1.82, 2.24) is 24.5 Å². The Morgan fingerprint density at radius 1 is 1.29 bits per heavy atom. The van der Waals surface area contributed by atoms with E-state index < -0.39 is 12.1 Å². The lowest BCUT2D eigenvalue weighted by atomic mass is 10.1. The summed E-state index contributed by atoms with van der Waals surface area (Å²) in [5.41, 5.74) is 8.27. The SMILES string of the molecule is CC(C)n1cnc2c(C(N)c3cccnc3)nc(F)nc21. The van der Waals surface area contributed by atoms with Gasteiger partial charge >= 0.3 is 6.08 Å². The van der Waals surface area contributed by atoms with E-state index >= 15 is 0 Å². The Morgan fingerprint density at radius 3 is 2.76 bits per heavy atom. The Morgan fingerprint density at radius 2 is 2.10 bits per heavy atom. The van der Waals surface area contributed by atoms with Crippen LogP contribution in [0, 0.1) is 6.08 Å². The summed E-state index contributed by atoms with van der Waals surface area (Å²) in [5.74, 6) is 0. The Kier molecular flexibility index (Phi) is 3.34. The van der Waals surface area contributed by atoms with E-state index in [4.69, 9.17) is 5.73 Å². The van der Waals surface area contributed by atoms with Gasteiger partial charge in [0.1, 0.15) is 5.52 Å². The highest BCUT2D eigenvalue weighted by atomic mass is 19.1. The van der Waals surface area contributed by atoms with Crippen LogP contribution in [0.2, 0.25) is 0 Å². The van der Waals surface area contributed by atoms with E-state index in [1.54, 1.807) is 29.4 Å². The molecule has 3 heterocycles. The molecule has 0 aromatic carbocycles. The summed E-state index contributed by atoms with van der Waals surface area (Å²) in [7, 11) is 0. The lowest BCUT2D eigenvalue weighted by molar-refractivity contribution is 0.528. The van der Waals surface area contributed by atoms with Crippen molar-refractivity contribution >= 4 is 11.2 Å². The number of pyridine rings is 1. The Labute approximate surface area is 120 Å². The van der Waals surface area contributed by atoms with E-state index in [9.17, 15) is 4.39 Å². The maximum atomic E-state index is 13.8. The second kappa shape index (κ2) is 5.17.